The topological polar surface area (TPSA) is 44.1 Å². The smallest absolute Gasteiger partial charge is 0.219 e. The van der Waals surface area contributed by atoms with Crippen molar-refractivity contribution in [3.63, 3.8) is 0 Å². The van der Waals surface area contributed by atoms with Gasteiger partial charge in [-0.25, -0.2) is 4.39 Å². The Kier molecular flexibility index (Phi) is 3.34. The third-order valence-corrected chi connectivity index (χ3v) is 2.81. The third-order valence-electron chi connectivity index (χ3n) is 2.53. The minimum absolute atomic E-state index is 0.125. The average molecular weight is 269 g/mol. The van der Waals surface area contributed by atoms with Gasteiger partial charge in [0.25, 0.3) is 0 Å². The third kappa shape index (κ3) is 1.97. The highest BCUT2D eigenvalue weighted by molar-refractivity contribution is 6.34. The van der Waals surface area contributed by atoms with E-state index >= 15 is 0 Å². The van der Waals surface area contributed by atoms with Crippen molar-refractivity contribution < 1.29 is 13.9 Å². The van der Waals surface area contributed by atoms with Gasteiger partial charge in [0, 0.05) is 7.05 Å². The van der Waals surface area contributed by atoms with Crippen LogP contribution in [-0.4, -0.2) is 22.7 Å². The molecule has 2 rings (SSSR count). The molecule has 0 fully saturated rings. The summed E-state index contributed by atoms with van der Waals surface area (Å²) in [4.78, 5) is 12.3. The molecule has 0 bridgehead atoms. The van der Waals surface area contributed by atoms with Crippen LogP contribution >= 0.6 is 11.6 Å². The molecular weight excluding hydrogens is 259 g/mol. The van der Waals surface area contributed by atoms with Crippen LogP contribution < -0.4 is 4.74 Å². The SMILES string of the molecule is COc1cccc(F)c1C(=O)c1c(Cl)cnn1C. The second-order valence-corrected chi connectivity index (χ2v) is 4.02. The molecule has 0 aliphatic heterocycles. The molecule has 2 aromatic rings. The number of rotatable bonds is 3. The zero-order chi connectivity index (χ0) is 13.3. The first-order chi connectivity index (χ1) is 8.56. The number of nitrogens with zero attached hydrogens (tertiary/aromatic N) is 2. The van der Waals surface area contributed by atoms with Crippen molar-refractivity contribution in [3.05, 3.63) is 46.5 Å². The fraction of sp³-hybridized carbons (Fsp3) is 0.167. The molecule has 0 N–H and O–H groups in total. The van der Waals surface area contributed by atoms with Gasteiger partial charge in [-0.1, -0.05) is 17.7 Å². The molecule has 4 nitrogen and oxygen atoms in total. The van der Waals surface area contributed by atoms with Gasteiger partial charge in [0.15, 0.2) is 0 Å². The molecule has 1 aromatic carbocycles. The number of carbonyl (C=O) groups excluding carboxylic acids is 1. The molecule has 0 amide bonds. The van der Waals surface area contributed by atoms with Gasteiger partial charge < -0.3 is 4.74 Å². The lowest BCUT2D eigenvalue weighted by Crippen LogP contribution is -2.12. The summed E-state index contributed by atoms with van der Waals surface area (Å²) < 4.78 is 20.1. The Labute approximate surface area is 108 Å². The number of benzene rings is 1. The number of methoxy groups -OCH3 is 1. The molecule has 18 heavy (non-hydrogen) atoms. The lowest BCUT2D eigenvalue weighted by Gasteiger charge is -2.08. The van der Waals surface area contributed by atoms with E-state index in [9.17, 15) is 9.18 Å². The Hall–Kier alpha value is -1.88. The Balaban J connectivity index is 2.60. The molecule has 0 spiro atoms. The average Bonchev–Trinajstić information content (AvgIpc) is 2.68. The van der Waals surface area contributed by atoms with E-state index in [0.717, 1.165) is 0 Å². The number of ether oxygens (including phenoxy) is 1. The predicted molar refractivity (Wildman–Crippen MR) is 64.6 cm³/mol. The first-order valence-electron chi connectivity index (χ1n) is 5.11. The zero-order valence-electron chi connectivity index (χ0n) is 9.78. The fourth-order valence-corrected chi connectivity index (χ4v) is 1.93. The summed E-state index contributed by atoms with van der Waals surface area (Å²) in [6.45, 7) is 0. The summed E-state index contributed by atoms with van der Waals surface area (Å²) >= 11 is 5.87. The monoisotopic (exact) mass is 268 g/mol. The summed E-state index contributed by atoms with van der Waals surface area (Å²) in [7, 11) is 2.93. The lowest BCUT2D eigenvalue weighted by molar-refractivity contribution is 0.102. The molecule has 0 unspecified atom stereocenters. The van der Waals surface area contributed by atoms with Gasteiger partial charge in [-0.2, -0.15) is 5.10 Å². The molecule has 0 radical (unpaired) electrons. The highest BCUT2D eigenvalue weighted by atomic mass is 35.5. The van der Waals surface area contributed by atoms with Crippen molar-refractivity contribution >= 4 is 17.4 Å². The molecular formula is C12H10ClFN2O2. The molecule has 0 atom stereocenters. The van der Waals surface area contributed by atoms with Crippen molar-refractivity contribution in [1.29, 1.82) is 0 Å². The minimum atomic E-state index is -0.656. The molecule has 0 saturated carbocycles. The Morgan fingerprint density at radius 3 is 2.78 bits per heavy atom. The van der Waals surface area contributed by atoms with E-state index < -0.39 is 11.6 Å². The highest BCUT2D eigenvalue weighted by Crippen LogP contribution is 2.26. The Morgan fingerprint density at radius 2 is 2.22 bits per heavy atom. The second kappa shape index (κ2) is 4.78. The van der Waals surface area contributed by atoms with Crippen molar-refractivity contribution in [2.24, 2.45) is 7.05 Å². The van der Waals surface area contributed by atoms with E-state index in [1.54, 1.807) is 7.05 Å². The predicted octanol–water partition coefficient (Wildman–Crippen LogP) is 2.45. The lowest BCUT2D eigenvalue weighted by atomic mass is 10.1. The normalized spacial score (nSPS) is 10.4. The molecule has 1 heterocycles. The van der Waals surface area contributed by atoms with Crippen LogP contribution in [0.25, 0.3) is 0 Å². The summed E-state index contributed by atoms with van der Waals surface area (Å²) in [5.41, 5.74) is -0.0226. The molecule has 0 aliphatic rings. The Bertz CT molecular complexity index is 591. The van der Waals surface area contributed by atoms with Crippen LogP contribution in [0.5, 0.6) is 5.75 Å². The largest absolute Gasteiger partial charge is 0.496 e. The van der Waals surface area contributed by atoms with E-state index in [1.807, 2.05) is 0 Å². The van der Waals surface area contributed by atoms with Gasteiger partial charge in [0.2, 0.25) is 5.78 Å². The van der Waals surface area contributed by atoms with Gasteiger partial charge in [-0.3, -0.25) is 9.48 Å². The maximum atomic E-state index is 13.8. The number of hydrogen-bond acceptors (Lipinski definition) is 3. The van der Waals surface area contributed by atoms with Crippen LogP contribution in [0.1, 0.15) is 16.1 Å². The van der Waals surface area contributed by atoms with Crippen molar-refractivity contribution in [1.82, 2.24) is 9.78 Å². The van der Waals surface area contributed by atoms with E-state index in [1.165, 1.54) is 36.2 Å². The van der Waals surface area contributed by atoms with Crippen LogP contribution in [-0.2, 0) is 7.05 Å². The van der Waals surface area contributed by atoms with Crippen LogP contribution in [0.15, 0.2) is 24.4 Å². The first-order valence-corrected chi connectivity index (χ1v) is 5.48. The van der Waals surface area contributed by atoms with Gasteiger partial charge in [0.05, 0.1) is 18.3 Å². The second-order valence-electron chi connectivity index (χ2n) is 3.61. The van der Waals surface area contributed by atoms with Gasteiger partial charge in [0.1, 0.15) is 22.8 Å². The van der Waals surface area contributed by atoms with Crippen molar-refractivity contribution in [3.8, 4) is 5.75 Å². The van der Waals surface area contributed by atoms with Gasteiger partial charge in [-0.15, -0.1) is 0 Å². The summed E-state index contributed by atoms with van der Waals surface area (Å²) in [5, 5.41) is 4.02. The number of halogens is 2. The standard InChI is InChI=1S/C12H10ClFN2O2/c1-16-11(7(13)6-15-16)12(17)10-8(14)4-3-5-9(10)18-2/h3-6H,1-2H3. The van der Waals surface area contributed by atoms with Gasteiger partial charge >= 0.3 is 0 Å². The fourth-order valence-electron chi connectivity index (χ4n) is 1.68. The number of aryl methyl sites for hydroxylation is 1. The first kappa shape index (κ1) is 12.6. The maximum Gasteiger partial charge on any atom is 0.219 e. The molecule has 0 saturated heterocycles. The maximum absolute atomic E-state index is 13.8. The van der Waals surface area contributed by atoms with E-state index in [0.29, 0.717) is 0 Å². The Morgan fingerprint density at radius 1 is 1.50 bits per heavy atom. The highest BCUT2D eigenvalue weighted by Gasteiger charge is 2.24. The summed E-state index contributed by atoms with van der Waals surface area (Å²) in [6.07, 6.45) is 1.34. The van der Waals surface area contributed by atoms with Crippen LogP contribution in [0, 0.1) is 5.82 Å². The van der Waals surface area contributed by atoms with Gasteiger partial charge in [-0.05, 0) is 12.1 Å². The quantitative estimate of drug-likeness (QED) is 0.803. The van der Waals surface area contributed by atoms with E-state index in [-0.39, 0.29) is 22.0 Å². The molecule has 1 aromatic heterocycles. The number of ketones is 1. The number of aromatic nitrogens is 2. The molecule has 0 aliphatic carbocycles. The van der Waals surface area contributed by atoms with Crippen molar-refractivity contribution in [2.45, 2.75) is 0 Å². The molecule has 6 heteroatoms. The number of carbonyl (C=O) groups is 1. The summed E-state index contributed by atoms with van der Waals surface area (Å²) in [6, 6.07) is 4.18. The zero-order valence-corrected chi connectivity index (χ0v) is 10.5. The number of hydrogen-bond donors (Lipinski definition) is 0. The van der Waals surface area contributed by atoms with E-state index in [2.05, 4.69) is 5.10 Å². The van der Waals surface area contributed by atoms with Crippen LogP contribution in [0.4, 0.5) is 4.39 Å². The van der Waals surface area contributed by atoms with Crippen LogP contribution in [0.2, 0.25) is 5.02 Å². The minimum Gasteiger partial charge on any atom is -0.496 e. The van der Waals surface area contributed by atoms with Crippen molar-refractivity contribution in [2.75, 3.05) is 7.11 Å². The van der Waals surface area contributed by atoms with Crippen LogP contribution in [0.3, 0.4) is 0 Å². The summed E-state index contributed by atoms with van der Waals surface area (Å²) in [5.74, 6) is -1.05. The van der Waals surface area contributed by atoms with E-state index in [4.69, 9.17) is 16.3 Å². The molecule has 94 valence electrons.